The molecular formula is C12H21N2O2S+. The Kier molecular flexibility index (Phi) is 2.69. The number of hydrogen-bond donors (Lipinski definition) is 1. The fourth-order valence-corrected chi connectivity index (χ4v) is 5.10. The van der Waals surface area contributed by atoms with Crippen molar-refractivity contribution in [3.05, 3.63) is 0 Å². The van der Waals surface area contributed by atoms with Crippen LogP contribution in [0.15, 0.2) is 0 Å². The number of nitrogens with two attached hydrogens (primary N) is 1. The first-order valence-corrected chi connectivity index (χ1v) is 7.47. The van der Waals surface area contributed by atoms with E-state index in [1.165, 1.54) is 0 Å². The van der Waals surface area contributed by atoms with Crippen molar-refractivity contribution in [1.29, 1.82) is 0 Å². The Hall–Kier alpha value is -0.260. The first-order chi connectivity index (χ1) is 8.03. The SMILES string of the molecule is CC1(C)C[C@]2(CCO1)[NH2+]CCN1C(=O)CS[C@H]12. The minimum absolute atomic E-state index is 0.0516. The minimum atomic E-state index is -0.0516. The molecule has 5 heteroatoms. The number of thioether (sulfide) groups is 1. The van der Waals surface area contributed by atoms with Crippen LogP contribution in [0.25, 0.3) is 0 Å². The van der Waals surface area contributed by atoms with Crippen molar-refractivity contribution in [2.75, 3.05) is 25.4 Å². The maximum absolute atomic E-state index is 11.9. The van der Waals surface area contributed by atoms with Crippen LogP contribution < -0.4 is 5.32 Å². The third-order valence-electron chi connectivity index (χ3n) is 4.20. The van der Waals surface area contributed by atoms with Crippen LogP contribution in [0.5, 0.6) is 0 Å². The van der Waals surface area contributed by atoms with Crippen molar-refractivity contribution in [3.8, 4) is 0 Å². The lowest BCUT2D eigenvalue weighted by Gasteiger charge is -2.50. The van der Waals surface area contributed by atoms with Gasteiger partial charge in [-0.15, -0.1) is 11.8 Å². The van der Waals surface area contributed by atoms with Crippen LogP contribution in [-0.2, 0) is 9.53 Å². The molecule has 2 atom stereocenters. The highest BCUT2D eigenvalue weighted by Crippen LogP contribution is 2.41. The summed E-state index contributed by atoms with van der Waals surface area (Å²) in [4.78, 5) is 14.0. The van der Waals surface area contributed by atoms with E-state index in [9.17, 15) is 4.79 Å². The number of nitrogens with zero attached hydrogens (tertiary/aromatic N) is 1. The zero-order chi connectivity index (χ0) is 12.1. The number of ether oxygens (including phenoxy) is 1. The Morgan fingerprint density at radius 1 is 1.53 bits per heavy atom. The van der Waals surface area contributed by atoms with Crippen molar-refractivity contribution in [2.24, 2.45) is 0 Å². The van der Waals surface area contributed by atoms with Gasteiger partial charge < -0.3 is 15.0 Å². The second-order valence-electron chi connectivity index (χ2n) is 6.01. The van der Waals surface area contributed by atoms with Gasteiger partial charge in [0.05, 0.1) is 31.1 Å². The molecule has 3 saturated heterocycles. The highest BCUT2D eigenvalue weighted by molar-refractivity contribution is 8.01. The summed E-state index contributed by atoms with van der Waals surface area (Å²) in [5.41, 5.74) is 0.140. The highest BCUT2D eigenvalue weighted by atomic mass is 32.2. The van der Waals surface area contributed by atoms with E-state index >= 15 is 0 Å². The summed E-state index contributed by atoms with van der Waals surface area (Å²) in [7, 11) is 0. The molecule has 0 radical (unpaired) electrons. The van der Waals surface area contributed by atoms with Crippen LogP contribution in [0, 0.1) is 0 Å². The van der Waals surface area contributed by atoms with Gasteiger partial charge in [-0.05, 0) is 13.8 Å². The van der Waals surface area contributed by atoms with Crippen molar-refractivity contribution >= 4 is 17.7 Å². The zero-order valence-corrected chi connectivity index (χ0v) is 11.4. The molecular weight excluding hydrogens is 236 g/mol. The highest BCUT2D eigenvalue weighted by Gasteiger charge is 2.56. The molecule has 0 aliphatic carbocycles. The van der Waals surface area contributed by atoms with Crippen LogP contribution in [-0.4, -0.2) is 52.8 Å². The monoisotopic (exact) mass is 257 g/mol. The summed E-state index contributed by atoms with van der Waals surface area (Å²) in [5, 5.41) is 2.84. The number of carbonyl (C=O) groups is 1. The van der Waals surface area contributed by atoms with Gasteiger partial charge in [0.15, 0.2) is 0 Å². The molecule has 2 N–H and O–H groups in total. The average Bonchev–Trinajstić information content (AvgIpc) is 2.61. The van der Waals surface area contributed by atoms with Crippen molar-refractivity contribution in [3.63, 3.8) is 0 Å². The normalized spacial score (nSPS) is 40.7. The molecule has 17 heavy (non-hydrogen) atoms. The van der Waals surface area contributed by atoms with E-state index in [1.807, 2.05) is 11.8 Å². The molecule has 4 nitrogen and oxygen atoms in total. The van der Waals surface area contributed by atoms with E-state index in [2.05, 4.69) is 24.1 Å². The number of hydrogen-bond acceptors (Lipinski definition) is 3. The molecule has 0 aromatic heterocycles. The Bertz CT molecular complexity index is 343. The molecule has 0 aromatic rings. The summed E-state index contributed by atoms with van der Waals surface area (Å²) in [6.45, 7) is 7.12. The third-order valence-corrected chi connectivity index (χ3v) is 5.65. The van der Waals surface area contributed by atoms with Crippen LogP contribution in [0.2, 0.25) is 0 Å². The van der Waals surface area contributed by atoms with Gasteiger partial charge in [-0.25, -0.2) is 0 Å². The topological polar surface area (TPSA) is 46.1 Å². The third kappa shape index (κ3) is 1.88. The molecule has 3 heterocycles. The van der Waals surface area contributed by atoms with Gasteiger partial charge in [-0.1, -0.05) is 0 Å². The Balaban J connectivity index is 1.88. The number of quaternary nitrogens is 1. The van der Waals surface area contributed by atoms with Gasteiger partial charge in [-0.2, -0.15) is 0 Å². The maximum Gasteiger partial charge on any atom is 0.233 e. The first kappa shape index (κ1) is 11.8. The van der Waals surface area contributed by atoms with Gasteiger partial charge in [0, 0.05) is 12.8 Å². The Morgan fingerprint density at radius 2 is 2.35 bits per heavy atom. The van der Waals surface area contributed by atoms with E-state index < -0.39 is 0 Å². The minimum Gasteiger partial charge on any atom is -0.375 e. The summed E-state index contributed by atoms with van der Waals surface area (Å²) in [6, 6.07) is 0. The Labute approximate surface area is 106 Å². The molecule has 3 aliphatic heterocycles. The summed E-state index contributed by atoms with van der Waals surface area (Å²) >= 11 is 1.83. The van der Waals surface area contributed by atoms with E-state index in [4.69, 9.17) is 4.74 Å². The second kappa shape index (κ2) is 3.87. The fourth-order valence-electron chi connectivity index (χ4n) is 3.60. The molecule has 1 amide bonds. The number of carbonyl (C=O) groups excluding carboxylic acids is 1. The molecule has 96 valence electrons. The summed E-state index contributed by atoms with van der Waals surface area (Å²) in [5.74, 6) is 0.999. The van der Waals surface area contributed by atoms with Crippen LogP contribution >= 0.6 is 11.8 Å². The molecule has 3 fully saturated rings. The molecule has 3 aliphatic rings. The average molecular weight is 257 g/mol. The number of piperazine rings is 1. The zero-order valence-electron chi connectivity index (χ0n) is 10.6. The Morgan fingerprint density at radius 3 is 3.12 bits per heavy atom. The summed E-state index contributed by atoms with van der Waals surface area (Å²) in [6.07, 6.45) is 2.11. The van der Waals surface area contributed by atoms with Crippen LogP contribution in [0.3, 0.4) is 0 Å². The van der Waals surface area contributed by atoms with Crippen LogP contribution in [0.1, 0.15) is 26.7 Å². The molecule has 3 rings (SSSR count). The lowest BCUT2D eigenvalue weighted by Crippen LogP contribution is -3.04. The predicted octanol–water partition coefficient (Wildman–Crippen LogP) is -0.207. The second-order valence-corrected chi connectivity index (χ2v) is 7.08. The number of fused-ring (bicyclic) bond motifs is 2. The first-order valence-electron chi connectivity index (χ1n) is 6.42. The molecule has 0 unspecified atom stereocenters. The van der Waals surface area contributed by atoms with Gasteiger partial charge >= 0.3 is 0 Å². The predicted molar refractivity (Wildman–Crippen MR) is 66.7 cm³/mol. The molecule has 0 aromatic carbocycles. The van der Waals surface area contributed by atoms with Crippen molar-refractivity contribution in [1.82, 2.24) is 4.90 Å². The lowest BCUT2D eigenvalue weighted by atomic mass is 9.79. The number of amides is 1. The van der Waals surface area contributed by atoms with Crippen molar-refractivity contribution < 1.29 is 14.8 Å². The van der Waals surface area contributed by atoms with Gasteiger partial charge in [-0.3, -0.25) is 4.79 Å². The van der Waals surface area contributed by atoms with E-state index in [0.29, 0.717) is 17.0 Å². The van der Waals surface area contributed by atoms with Gasteiger partial charge in [0.2, 0.25) is 5.91 Å². The summed E-state index contributed by atoms with van der Waals surface area (Å²) < 4.78 is 5.84. The van der Waals surface area contributed by atoms with E-state index in [1.54, 1.807) is 0 Å². The van der Waals surface area contributed by atoms with Gasteiger partial charge in [0.25, 0.3) is 0 Å². The fraction of sp³-hybridized carbons (Fsp3) is 0.917. The van der Waals surface area contributed by atoms with Gasteiger partial charge in [0.1, 0.15) is 10.9 Å². The van der Waals surface area contributed by atoms with E-state index in [-0.39, 0.29) is 11.1 Å². The molecule has 1 spiro atoms. The van der Waals surface area contributed by atoms with Crippen LogP contribution in [0.4, 0.5) is 0 Å². The largest absolute Gasteiger partial charge is 0.375 e. The number of rotatable bonds is 0. The molecule has 0 bridgehead atoms. The molecule has 0 saturated carbocycles. The lowest BCUT2D eigenvalue weighted by molar-refractivity contribution is -0.744. The quantitative estimate of drug-likeness (QED) is 0.653. The van der Waals surface area contributed by atoms with E-state index in [0.717, 1.165) is 32.5 Å². The standard InChI is InChI=1S/C12H20N2O2S/c1-11(2)8-12(3-6-16-11)10-14(5-4-13-12)9(15)7-17-10/h10,13H,3-8H2,1-2H3/p+1/t10-,12-/m0/s1. The smallest absolute Gasteiger partial charge is 0.233 e. The maximum atomic E-state index is 11.9. The van der Waals surface area contributed by atoms with Crippen molar-refractivity contribution in [2.45, 2.75) is 43.2 Å².